The summed E-state index contributed by atoms with van der Waals surface area (Å²) in [5, 5.41) is 0. The van der Waals surface area contributed by atoms with Gasteiger partial charge in [0, 0.05) is 11.9 Å². The number of hydrogen-bond donors (Lipinski definition) is 0. The van der Waals surface area contributed by atoms with Gasteiger partial charge in [0.25, 0.3) is 0 Å². The van der Waals surface area contributed by atoms with Crippen LogP contribution in [0.15, 0.2) is 64.5 Å². The maximum absolute atomic E-state index is 12.6. The fourth-order valence-electron chi connectivity index (χ4n) is 2.44. The Labute approximate surface area is 134 Å². The number of benzene rings is 2. The average molecular weight is 329 g/mol. The third-order valence-electron chi connectivity index (χ3n) is 3.65. The molecule has 0 fully saturated rings. The van der Waals surface area contributed by atoms with Crippen molar-refractivity contribution in [1.29, 1.82) is 0 Å². The lowest BCUT2D eigenvalue weighted by Crippen LogP contribution is -2.26. The summed E-state index contributed by atoms with van der Waals surface area (Å²) < 4.78 is 29.9. The molecule has 0 atom stereocenters. The molecule has 23 heavy (non-hydrogen) atoms. The van der Waals surface area contributed by atoms with Crippen molar-refractivity contribution in [2.45, 2.75) is 11.8 Å². The Morgan fingerprint density at radius 3 is 2.35 bits per heavy atom. The van der Waals surface area contributed by atoms with Crippen molar-refractivity contribution in [3.8, 4) is 0 Å². The molecule has 118 valence electrons. The van der Waals surface area contributed by atoms with E-state index in [1.165, 1.54) is 12.3 Å². The van der Waals surface area contributed by atoms with Crippen molar-refractivity contribution in [3.63, 3.8) is 0 Å². The molecule has 3 rings (SSSR count). The second kappa shape index (κ2) is 5.55. The van der Waals surface area contributed by atoms with Crippen LogP contribution in [0, 0.1) is 6.92 Å². The van der Waals surface area contributed by atoms with E-state index in [9.17, 15) is 13.2 Å². The summed E-state index contributed by atoms with van der Waals surface area (Å²) in [6, 6.07) is 14.2. The number of sulfone groups is 1. The van der Waals surface area contributed by atoms with Crippen molar-refractivity contribution in [1.82, 2.24) is 0 Å². The normalized spacial score (nSPS) is 15.6. The quantitative estimate of drug-likeness (QED) is 0.793. The molecule has 1 aliphatic rings. The molecule has 0 spiro atoms. The zero-order valence-corrected chi connectivity index (χ0v) is 13.5. The van der Waals surface area contributed by atoms with E-state index in [1.807, 2.05) is 31.2 Å². The van der Waals surface area contributed by atoms with Gasteiger partial charge in [0.05, 0.1) is 17.7 Å². The SMILES string of the molecule is COC(=O)C1=CN(c2ccc(C)cc2)c2ccccc2S1(=O)=O. The van der Waals surface area contributed by atoms with Crippen LogP contribution >= 0.6 is 0 Å². The van der Waals surface area contributed by atoms with Crippen LogP contribution in [-0.4, -0.2) is 21.5 Å². The number of ether oxygens (including phenoxy) is 1. The van der Waals surface area contributed by atoms with Crippen LogP contribution < -0.4 is 4.90 Å². The van der Waals surface area contributed by atoms with E-state index in [0.717, 1.165) is 18.4 Å². The molecule has 6 heteroatoms. The fourth-order valence-corrected chi connectivity index (χ4v) is 3.92. The predicted molar refractivity (Wildman–Crippen MR) is 87.0 cm³/mol. The summed E-state index contributed by atoms with van der Waals surface area (Å²) in [5.74, 6) is -0.878. The first kappa shape index (κ1) is 15.3. The molecular formula is C17H15NO4S. The van der Waals surface area contributed by atoms with Gasteiger partial charge in [-0.2, -0.15) is 0 Å². The summed E-state index contributed by atoms with van der Waals surface area (Å²) in [6.45, 7) is 1.97. The molecule has 0 amide bonds. The first-order chi connectivity index (χ1) is 10.9. The molecule has 0 saturated carbocycles. The van der Waals surface area contributed by atoms with Crippen molar-refractivity contribution in [3.05, 3.63) is 65.2 Å². The summed E-state index contributed by atoms with van der Waals surface area (Å²) in [4.78, 5) is 13.3. The smallest absolute Gasteiger partial charge is 0.351 e. The molecule has 0 unspecified atom stereocenters. The third-order valence-corrected chi connectivity index (χ3v) is 5.42. The lowest BCUT2D eigenvalue weighted by atomic mass is 10.2. The second-order valence-electron chi connectivity index (χ2n) is 5.16. The standard InChI is InChI=1S/C17H15NO4S/c1-12-7-9-13(10-8-12)18-11-16(17(19)22-2)23(20,21)15-6-4-3-5-14(15)18/h3-11H,1-2H3. The van der Waals surface area contributed by atoms with Crippen LogP contribution in [0.4, 0.5) is 11.4 Å². The van der Waals surface area contributed by atoms with Crippen LogP contribution in [0.25, 0.3) is 0 Å². The topological polar surface area (TPSA) is 63.7 Å². The minimum atomic E-state index is -3.90. The van der Waals surface area contributed by atoms with Crippen LogP contribution in [0.2, 0.25) is 0 Å². The fraction of sp³-hybridized carbons (Fsp3) is 0.118. The van der Waals surface area contributed by atoms with Gasteiger partial charge in [-0.25, -0.2) is 13.2 Å². The highest BCUT2D eigenvalue weighted by molar-refractivity contribution is 7.96. The van der Waals surface area contributed by atoms with E-state index >= 15 is 0 Å². The molecule has 5 nitrogen and oxygen atoms in total. The summed E-state index contributed by atoms with van der Waals surface area (Å²) in [5.41, 5.74) is 2.35. The van der Waals surface area contributed by atoms with Gasteiger partial charge in [-0.3, -0.25) is 0 Å². The Morgan fingerprint density at radius 1 is 1.04 bits per heavy atom. The number of rotatable bonds is 2. The number of methoxy groups -OCH3 is 1. The van der Waals surface area contributed by atoms with Crippen LogP contribution in [0.3, 0.4) is 0 Å². The van der Waals surface area contributed by atoms with Gasteiger partial charge in [-0.15, -0.1) is 0 Å². The zero-order chi connectivity index (χ0) is 16.6. The van der Waals surface area contributed by atoms with Crippen LogP contribution in [0.1, 0.15) is 5.56 Å². The van der Waals surface area contributed by atoms with Crippen molar-refractivity contribution >= 4 is 27.2 Å². The number of esters is 1. The first-order valence-electron chi connectivity index (χ1n) is 6.95. The molecule has 2 aromatic carbocycles. The lowest BCUT2D eigenvalue weighted by molar-refractivity contribution is -0.135. The van der Waals surface area contributed by atoms with E-state index in [0.29, 0.717) is 5.69 Å². The van der Waals surface area contributed by atoms with Gasteiger partial charge in [0.1, 0.15) is 0 Å². The highest BCUT2D eigenvalue weighted by Gasteiger charge is 2.36. The number of carbonyl (C=O) groups is 1. The third kappa shape index (κ3) is 2.51. The molecule has 0 saturated heterocycles. The van der Waals surface area contributed by atoms with Gasteiger partial charge >= 0.3 is 5.97 Å². The van der Waals surface area contributed by atoms with Crippen molar-refractivity contribution in [2.75, 3.05) is 12.0 Å². The molecular weight excluding hydrogens is 314 g/mol. The van der Waals surface area contributed by atoms with Gasteiger partial charge < -0.3 is 9.64 Å². The largest absolute Gasteiger partial charge is 0.465 e. The maximum Gasteiger partial charge on any atom is 0.351 e. The summed E-state index contributed by atoms with van der Waals surface area (Å²) in [7, 11) is -2.74. The summed E-state index contributed by atoms with van der Waals surface area (Å²) >= 11 is 0. The molecule has 0 bridgehead atoms. The molecule has 1 aliphatic heterocycles. The Bertz CT molecular complexity index is 898. The van der Waals surface area contributed by atoms with Gasteiger partial charge in [-0.1, -0.05) is 29.8 Å². The number of carbonyl (C=O) groups excluding carboxylic acids is 1. The monoisotopic (exact) mass is 329 g/mol. The van der Waals surface area contributed by atoms with Gasteiger partial charge in [-0.05, 0) is 31.2 Å². The average Bonchev–Trinajstić information content (AvgIpc) is 2.55. The highest BCUT2D eigenvalue weighted by atomic mass is 32.2. The Kier molecular flexibility index (Phi) is 3.69. The number of fused-ring (bicyclic) bond motifs is 1. The maximum atomic E-state index is 12.6. The first-order valence-corrected chi connectivity index (χ1v) is 8.43. The number of nitrogens with zero attached hydrogens (tertiary/aromatic N) is 1. The van der Waals surface area contributed by atoms with Crippen LogP contribution in [0.5, 0.6) is 0 Å². The number of para-hydroxylation sites is 1. The number of aryl methyl sites for hydroxylation is 1. The van der Waals surface area contributed by atoms with E-state index in [1.54, 1.807) is 23.1 Å². The van der Waals surface area contributed by atoms with Gasteiger partial charge in [0.2, 0.25) is 9.84 Å². The predicted octanol–water partition coefficient (Wildman–Crippen LogP) is 2.93. The molecule has 0 aromatic heterocycles. The number of hydrogen-bond acceptors (Lipinski definition) is 5. The zero-order valence-electron chi connectivity index (χ0n) is 12.7. The van der Waals surface area contributed by atoms with Crippen molar-refractivity contribution < 1.29 is 17.9 Å². The molecule has 0 N–H and O–H groups in total. The van der Waals surface area contributed by atoms with E-state index < -0.39 is 15.8 Å². The van der Waals surface area contributed by atoms with E-state index in [4.69, 9.17) is 0 Å². The minimum Gasteiger partial charge on any atom is -0.465 e. The summed E-state index contributed by atoms with van der Waals surface area (Å²) in [6.07, 6.45) is 1.31. The lowest BCUT2D eigenvalue weighted by Gasteiger charge is -2.28. The minimum absolute atomic E-state index is 0.0866. The molecule has 1 heterocycles. The molecule has 0 radical (unpaired) electrons. The molecule has 0 aliphatic carbocycles. The number of anilines is 2. The Morgan fingerprint density at radius 2 is 1.70 bits per heavy atom. The van der Waals surface area contributed by atoms with E-state index in [2.05, 4.69) is 4.74 Å². The molecule has 2 aromatic rings. The Hall–Kier alpha value is -2.60. The second-order valence-corrected chi connectivity index (χ2v) is 7.05. The van der Waals surface area contributed by atoms with Gasteiger partial charge in [0.15, 0.2) is 4.91 Å². The highest BCUT2D eigenvalue weighted by Crippen LogP contribution is 2.39. The van der Waals surface area contributed by atoms with E-state index in [-0.39, 0.29) is 9.80 Å². The van der Waals surface area contributed by atoms with Crippen LogP contribution in [-0.2, 0) is 19.4 Å². The van der Waals surface area contributed by atoms with Crippen molar-refractivity contribution in [2.24, 2.45) is 0 Å². The Balaban J connectivity index is 2.25.